The lowest BCUT2D eigenvalue weighted by atomic mass is 10.0. The van der Waals surface area contributed by atoms with Crippen LogP contribution in [0.1, 0.15) is 35.6 Å². The van der Waals surface area contributed by atoms with Gasteiger partial charge in [0.2, 0.25) is 0 Å². The molecule has 238 valence electrons. The van der Waals surface area contributed by atoms with Crippen LogP contribution in [0, 0.1) is 0 Å². The Hall–Kier alpha value is -6.91. The first-order valence-electron chi connectivity index (χ1n) is 28.3. The number of benzene rings is 7. The number of rotatable bonds is 4. The minimum atomic E-state index is -0.941. The number of hydrogen-bond acceptors (Lipinski definition) is 1. The molecule has 0 spiro atoms. The topological polar surface area (TPSA) is 27.7 Å². The third-order valence-electron chi connectivity index (χ3n) is 8.63. The summed E-state index contributed by atoms with van der Waals surface area (Å²) in [5.41, 5.74) is -4.60. The van der Waals surface area contributed by atoms with Gasteiger partial charge in [0.1, 0.15) is 5.82 Å². The average molecular weight is 677 g/mol. The lowest BCUT2D eigenvalue weighted by molar-refractivity contribution is 1.08. The molecule has 4 heteroatoms. The van der Waals surface area contributed by atoms with Crippen LogP contribution in [0.15, 0.2) is 181 Å². The van der Waals surface area contributed by atoms with Crippen LogP contribution in [-0.4, -0.2) is 18.7 Å². The van der Waals surface area contributed by atoms with Gasteiger partial charge in [-0.3, -0.25) is 4.57 Å². The predicted molar refractivity (Wildman–Crippen MR) is 213 cm³/mol. The molecule has 7 aromatic carbocycles. The number of pyridine rings is 1. The Bertz CT molecular complexity index is 4540. The van der Waals surface area contributed by atoms with E-state index < -0.39 is 234 Å². The van der Waals surface area contributed by atoms with E-state index in [4.69, 9.17) is 23.3 Å². The molecular formula is C47H30N4. The molecule has 0 aliphatic heterocycles. The van der Waals surface area contributed by atoms with Gasteiger partial charge < -0.3 is 9.13 Å². The SMILES string of the molecule is [2H]c1c([2H])c([2H])c(-c2ccccc2-n2c3c([2H])c([2H])c([2H])c([2H])c3c3c([2H])c([2H])c(-n4c5c([2H])c(-n6c7c([2H])c([2H])c([2H])c([2H])c7c7c([2H])c([2H])c([2H])c([2H])c76)nc([2H])c5c5c([2H])c([2H])c([2H])c([2H])c54)c([2H])c32)c([2H])c1[2H]. The standard InChI is InChI=1S/C47H30N4/c1-2-14-31(15-3-1)33-16-4-9-21-40(33)50-42-23-11-5-19-36(42)38-27-26-32(28-45(38)50)49-41-22-10-8-20-37(41)39-30-48-47(29-46(39)49)51-43-24-12-6-17-34(43)35-18-7-13-25-44(35)51/h1-30H/i1D,2D,3D,5D,6D,7D,8D,10D,11D,12D,13D,14D,15D,17D,18D,19D,20D,22D,23D,24D,25D,26D,27D,28D,29D,30D. The molecule has 0 unspecified atom stereocenters. The first kappa shape index (κ1) is 12.8. The van der Waals surface area contributed by atoms with Gasteiger partial charge >= 0.3 is 0 Å². The van der Waals surface area contributed by atoms with Crippen molar-refractivity contribution in [2.24, 2.45) is 0 Å². The van der Waals surface area contributed by atoms with Crippen molar-refractivity contribution in [1.82, 2.24) is 18.7 Å². The second-order valence-corrected chi connectivity index (χ2v) is 11.3. The lowest BCUT2D eigenvalue weighted by Crippen LogP contribution is -2.00. The molecule has 0 radical (unpaired) electrons. The van der Waals surface area contributed by atoms with E-state index in [1.165, 1.54) is 24.3 Å². The maximum atomic E-state index is 10.3. The number of nitrogens with zero attached hydrogens (tertiary/aromatic N) is 4. The quantitative estimate of drug-likeness (QED) is 0.182. The molecule has 0 atom stereocenters. The molecule has 0 amide bonds. The summed E-state index contributed by atoms with van der Waals surface area (Å²) >= 11 is 0. The normalized spacial score (nSPS) is 19.1. The summed E-state index contributed by atoms with van der Waals surface area (Å²) < 4.78 is 238. The average Bonchev–Trinajstić information content (AvgIpc) is 4.31. The summed E-state index contributed by atoms with van der Waals surface area (Å²) in [4.78, 5) is 4.36. The van der Waals surface area contributed by atoms with Crippen molar-refractivity contribution in [3.8, 4) is 28.3 Å². The highest BCUT2D eigenvalue weighted by molar-refractivity contribution is 6.13. The fourth-order valence-electron chi connectivity index (χ4n) is 6.55. The highest BCUT2D eigenvalue weighted by Crippen LogP contribution is 2.40. The second-order valence-electron chi connectivity index (χ2n) is 11.3. The van der Waals surface area contributed by atoms with Gasteiger partial charge in [-0.1, -0.05) is 127 Å². The smallest absolute Gasteiger partial charge is 0.139 e. The zero-order chi connectivity index (χ0) is 56.1. The van der Waals surface area contributed by atoms with Gasteiger partial charge in [0.05, 0.1) is 74.4 Å². The molecular weight excluding hydrogens is 621 g/mol. The zero-order valence-corrected chi connectivity index (χ0v) is 25.6. The van der Waals surface area contributed by atoms with Crippen molar-refractivity contribution in [1.29, 1.82) is 0 Å². The molecule has 4 heterocycles. The number of aromatic nitrogens is 4. The van der Waals surface area contributed by atoms with E-state index in [9.17, 15) is 12.3 Å². The maximum Gasteiger partial charge on any atom is 0.139 e. The van der Waals surface area contributed by atoms with Crippen molar-refractivity contribution >= 4 is 65.4 Å². The molecule has 0 saturated carbocycles. The number of para-hydroxylation sites is 5. The molecule has 4 nitrogen and oxygen atoms in total. The summed E-state index contributed by atoms with van der Waals surface area (Å²) in [6.07, 6.45) is -0.882. The van der Waals surface area contributed by atoms with Gasteiger partial charge in [-0.2, -0.15) is 0 Å². The fraction of sp³-hybridized carbons (Fsp3) is 0. The molecule has 0 aliphatic carbocycles. The van der Waals surface area contributed by atoms with E-state index in [0.717, 1.165) is 13.7 Å². The second kappa shape index (κ2) is 10.8. The Morgan fingerprint density at radius 3 is 1.59 bits per heavy atom. The Kier molecular flexibility index (Phi) is 2.70. The van der Waals surface area contributed by atoms with Crippen LogP contribution in [0.2, 0.25) is 0 Å². The van der Waals surface area contributed by atoms with Crippen LogP contribution in [0.3, 0.4) is 0 Å². The molecule has 0 bridgehead atoms. The minimum Gasteiger partial charge on any atom is -0.309 e. The van der Waals surface area contributed by atoms with Crippen LogP contribution in [0.25, 0.3) is 93.7 Å². The van der Waals surface area contributed by atoms with E-state index >= 15 is 0 Å². The highest BCUT2D eigenvalue weighted by atomic mass is 15.1. The largest absolute Gasteiger partial charge is 0.309 e. The predicted octanol–water partition coefficient (Wildman–Crippen LogP) is 12.0. The third kappa shape index (κ3) is 4.05. The Labute approximate surface area is 330 Å². The number of fused-ring (bicyclic) bond motifs is 9. The Balaban J connectivity index is 1.41. The van der Waals surface area contributed by atoms with Gasteiger partial charge in [-0.05, 0) is 47.9 Å². The first-order chi connectivity index (χ1) is 36.1. The van der Waals surface area contributed by atoms with Crippen molar-refractivity contribution in [3.05, 3.63) is 181 Å². The summed E-state index contributed by atoms with van der Waals surface area (Å²) in [5, 5.41) is -2.70. The van der Waals surface area contributed by atoms with E-state index in [1.807, 2.05) is 0 Å². The highest BCUT2D eigenvalue weighted by Gasteiger charge is 2.20. The molecule has 4 aromatic heterocycles. The van der Waals surface area contributed by atoms with E-state index in [1.54, 1.807) is 0 Å². The van der Waals surface area contributed by atoms with Crippen LogP contribution in [0.5, 0.6) is 0 Å². The zero-order valence-electron chi connectivity index (χ0n) is 51.6. The molecule has 0 fully saturated rings. The summed E-state index contributed by atoms with van der Waals surface area (Å²) in [6.45, 7) is 0. The van der Waals surface area contributed by atoms with E-state index in [2.05, 4.69) is 4.98 Å². The van der Waals surface area contributed by atoms with Crippen LogP contribution in [-0.2, 0) is 0 Å². The molecule has 0 saturated heterocycles. The van der Waals surface area contributed by atoms with Crippen molar-refractivity contribution in [2.45, 2.75) is 0 Å². The van der Waals surface area contributed by atoms with Gasteiger partial charge in [0.15, 0.2) is 0 Å². The van der Waals surface area contributed by atoms with E-state index in [0.29, 0.717) is 0 Å². The molecule has 11 aromatic rings. The number of hydrogen-bond donors (Lipinski definition) is 0. The molecule has 0 aliphatic rings. The molecule has 51 heavy (non-hydrogen) atoms. The van der Waals surface area contributed by atoms with Crippen molar-refractivity contribution in [2.75, 3.05) is 0 Å². The van der Waals surface area contributed by atoms with Crippen molar-refractivity contribution in [3.63, 3.8) is 0 Å². The van der Waals surface area contributed by atoms with Gasteiger partial charge in [0.25, 0.3) is 0 Å². The summed E-state index contributed by atoms with van der Waals surface area (Å²) in [5.74, 6) is -0.757. The van der Waals surface area contributed by atoms with Crippen LogP contribution < -0.4 is 0 Å². The van der Waals surface area contributed by atoms with Crippen LogP contribution >= 0.6 is 0 Å². The van der Waals surface area contributed by atoms with Gasteiger partial charge in [-0.25, -0.2) is 4.98 Å². The summed E-state index contributed by atoms with van der Waals surface area (Å²) in [6, 6.07) is -14.3. The minimum absolute atomic E-state index is 0.130. The first-order valence-corrected chi connectivity index (χ1v) is 15.3. The Morgan fingerprint density at radius 2 is 0.922 bits per heavy atom. The fourth-order valence-corrected chi connectivity index (χ4v) is 6.55. The lowest BCUT2D eigenvalue weighted by Gasteiger charge is -2.15. The van der Waals surface area contributed by atoms with Crippen LogP contribution in [0.4, 0.5) is 0 Å². The van der Waals surface area contributed by atoms with Crippen molar-refractivity contribution < 1.29 is 35.6 Å². The Morgan fingerprint density at radius 1 is 0.412 bits per heavy atom. The van der Waals surface area contributed by atoms with E-state index in [-0.39, 0.29) is 16.8 Å². The maximum absolute atomic E-state index is 10.3. The van der Waals surface area contributed by atoms with Gasteiger partial charge in [-0.15, -0.1) is 0 Å². The third-order valence-corrected chi connectivity index (χ3v) is 8.63. The summed E-state index contributed by atoms with van der Waals surface area (Å²) in [7, 11) is 0. The molecule has 11 rings (SSSR count). The van der Waals surface area contributed by atoms with Gasteiger partial charge in [0, 0.05) is 55.8 Å². The monoisotopic (exact) mass is 676 g/mol. The molecule has 0 N–H and O–H groups in total.